The van der Waals surface area contributed by atoms with E-state index in [1.54, 1.807) is 18.2 Å². The lowest BCUT2D eigenvalue weighted by Gasteiger charge is -2.02. The first-order valence-electron chi connectivity index (χ1n) is 4.41. The average Bonchev–Trinajstić information content (AvgIpc) is 2.28. The molecule has 1 aromatic heterocycles. The highest BCUT2D eigenvalue weighted by Gasteiger charge is 2.05. The molecule has 0 N–H and O–H groups in total. The van der Waals surface area contributed by atoms with Crippen LogP contribution in [0.5, 0.6) is 5.75 Å². The van der Waals surface area contributed by atoms with Gasteiger partial charge in [0.2, 0.25) is 0 Å². The van der Waals surface area contributed by atoms with Gasteiger partial charge in [0.05, 0.1) is 12.5 Å². The molecule has 1 heterocycles. The van der Waals surface area contributed by atoms with Crippen LogP contribution in [0, 0.1) is 0 Å². The van der Waals surface area contributed by atoms with Crippen LogP contribution in [0.15, 0.2) is 33.5 Å². The van der Waals surface area contributed by atoms with Crippen molar-refractivity contribution in [1.82, 2.24) is 0 Å². The van der Waals surface area contributed by atoms with Crippen LogP contribution in [0.2, 0.25) is 0 Å². The van der Waals surface area contributed by atoms with Crippen LogP contribution < -0.4 is 10.2 Å². The number of rotatable bonds is 2. The van der Waals surface area contributed by atoms with E-state index < -0.39 is 6.67 Å². The van der Waals surface area contributed by atoms with Gasteiger partial charge in [-0.2, -0.15) is 0 Å². The summed E-state index contributed by atoms with van der Waals surface area (Å²) in [6.07, 6.45) is 0. The third-order valence-corrected chi connectivity index (χ3v) is 2.12. The third-order valence-electron chi connectivity index (χ3n) is 2.12. The zero-order chi connectivity index (χ0) is 10.8. The molecule has 0 amide bonds. The Hall–Kier alpha value is -1.84. The summed E-state index contributed by atoms with van der Waals surface area (Å²) in [5.41, 5.74) is 0.0982. The standard InChI is InChI=1S/C11H9FO3/c1-14-7-2-3-9-10(13)4-8(6-12)15-11(9)5-7/h2-5H,6H2,1H3. The van der Waals surface area contributed by atoms with E-state index in [1.165, 1.54) is 7.11 Å². The minimum absolute atomic E-state index is 0.0285. The molecule has 0 saturated carbocycles. The minimum atomic E-state index is -0.789. The Kier molecular flexibility index (Phi) is 2.41. The molecule has 2 aromatic rings. The van der Waals surface area contributed by atoms with E-state index in [0.29, 0.717) is 16.7 Å². The second kappa shape index (κ2) is 3.73. The van der Waals surface area contributed by atoms with Gasteiger partial charge in [0.25, 0.3) is 0 Å². The fourth-order valence-electron chi connectivity index (χ4n) is 1.38. The van der Waals surface area contributed by atoms with Crippen molar-refractivity contribution in [2.75, 3.05) is 7.11 Å². The minimum Gasteiger partial charge on any atom is -0.497 e. The molecule has 0 aliphatic carbocycles. The molecule has 0 saturated heterocycles. The molecule has 0 bridgehead atoms. The van der Waals surface area contributed by atoms with Crippen LogP contribution in [0.3, 0.4) is 0 Å². The van der Waals surface area contributed by atoms with Gasteiger partial charge in [0.15, 0.2) is 5.43 Å². The fourth-order valence-corrected chi connectivity index (χ4v) is 1.38. The molecule has 15 heavy (non-hydrogen) atoms. The van der Waals surface area contributed by atoms with Crippen molar-refractivity contribution in [2.24, 2.45) is 0 Å². The Morgan fingerprint density at radius 1 is 1.40 bits per heavy atom. The Labute approximate surface area is 85.1 Å². The maximum absolute atomic E-state index is 12.4. The van der Waals surface area contributed by atoms with Crippen LogP contribution in [0.1, 0.15) is 5.76 Å². The molecule has 1 aromatic carbocycles. The quantitative estimate of drug-likeness (QED) is 0.759. The highest BCUT2D eigenvalue weighted by atomic mass is 19.1. The fraction of sp³-hybridized carbons (Fsp3) is 0.182. The van der Waals surface area contributed by atoms with Crippen molar-refractivity contribution in [1.29, 1.82) is 0 Å². The average molecular weight is 208 g/mol. The van der Waals surface area contributed by atoms with Crippen molar-refractivity contribution in [2.45, 2.75) is 6.67 Å². The largest absolute Gasteiger partial charge is 0.497 e. The number of benzene rings is 1. The number of fused-ring (bicyclic) bond motifs is 1. The van der Waals surface area contributed by atoms with Crippen molar-refractivity contribution in [3.8, 4) is 5.75 Å². The van der Waals surface area contributed by atoms with Gasteiger partial charge < -0.3 is 9.15 Å². The molecular formula is C11H9FO3. The molecule has 0 spiro atoms. The van der Waals surface area contributed by atoms with Crippen LogP contribution in [-0.4, -0.2) is 7.11 Å². The van der Waals surface area contributed by atoms with Gasteiger partial charge in [0, 0.05) is 12.1 Å². The van der Waals surface area contributed by atoms with Gasteiger partial charge in [0.1, 0.15) is 23.8 Å². The van der Waals surface area contributed by atoms with Gasteiger partial charge >= 0.3 is 0 Å². The summed E-state index contributed by atoms with van der Waals surface area (Å²) in [5.74, 6) is 0.599. The molecule has 0 radical (unpaired) electrons. The summed E-state index contributed by atoms with van der Waals surface area (Å²) >= 11 is 0. The number of hydrogen-bond acceptors (Lipinski definition) is 3. The van der Waals surface area contributed by atoms with Gasteiger partial charge in [-0.1, -0.05) is 0 Å². The van der Waals surface area contributed by atoms with Crippen molar-refractivity contribution in [3.05, 3.63) is 40.2 Å². The Bertz CT molecular complexity index is 540. The second-order valence-electron chi connectivity index (χ2n) is 3.07. The van der Waals surface area contributed by atoms with Gasteiger partial charge in [-0.15, -0.1) is 0 Å². The maximum Gasteiger partial charge on any atom is 0.193 e. The summed E-state index contributed by atoms with van der Waals surface area (Å²) < 4.78 is 22.5. The zero-order valence-electron chi connectivity index (χ0n) is 8.12. The van der Waals surface area contributed by atoms with E-state index in [9.17, 15) is 9.18 Å². The smallest absolute Gasteiger partial charge is 0.193 e. The molecule has 78 valence electrons. The molecular weight excluding hydrogens is 199 g/mol. The lowest BCUT2D eigenvalue weighted by molar-refractivity contribution is 0.397. The summed E-state index contributed by atoms with van der Waals surface area (Å²) in [5, 5.41) is 0.424. The topological polar surface area (TPSA) is 39.4 Å². The van der Waals surface area contributed by atoms with Gasteiger partial charge in [-0.25, -0.2) is 4.39 Å². The lowest BCUT2D eigenvalue weighted by Crippen LogP contribution is -2.01. The van der Waals surface area contributed by atoms with Gasteiger partial charge in [-0.3, -0.25) is 4.79 Å². The zero-order valence-corrected chi connectivity index (χ0v) is 8.12. The highest BCUT2D eigenvalue weighted by Crippen LogP contribution is 2.19. The van der Waals surface area contributed by atoms with E-state index in [4.69, 9.17) is 9.15 Å². The molecule has 4 heteroatoms. The second-order valence-corrected chi connectivity index (χ2v) is 3.07. The molecule has 3 nitrogen and oxygen atoms in total. The summed E-state index contributed by atoms with van der Waals surface area (Å²) in [6, 6.07) is 5.99. The predicted molar refractivity (Wildman–Crippen MR) is 53.8 cm³/mol. The number of hydrogen-bond donors (Lipinski definition) is 0. The summed E-state index contributed by atoms with van der Waals surface area (Å²) in [7, 11) is 1.51. The molecule has 0 aliphatic rings. The molecule has 0 unspecified atom stereocenters. The molecule has 0 atom stereocenters. The van der Waals surface area contributed by atoms with E-state index in [2.05, 4.69) is 0 Å². The Morgan fingerprint density at radius 2 is 2.20 bits per heavy atom. The SMILES string of the molecule is COc1ccc2c(=O)cc(CF)oc2c1. The first-order chi connectivity index (χ1) is 7.24. The predicted octanol–water partition coefficient (Wildman–Crippen LogP) is 2.27. The molecule has 2 rings (SSSR count). The first-order valence-corrected chi connectivity index (χ1v) is 4.41. The lowest BCUT2D eigenvalue weighted by atomic mass is 10.2. The van der Waals surface area contributed by atoms with E-state index in [0.717, 1.165) is 6.07 Å². The molecule has 0 aliphatic heterocycles. The maximum atomic E-state index is 12.4. The van der Waals surface area contributed by atoms with Crippen LogP contribution >= 0.6 is 0 Å². The van der Waals surface area contributed by atoms with E-state index in [1.807, 2.05) is 0 Å². The Balaban J connectivity index is 2.75. The normalized spacial score (nSPS) is 10.5. The summed E-state index contributed by atoms with van der Waals surface area (Å²) in [6.45, 7) is -0.789. The van der Waals surface area contributed by atoms with Crippen molar-refractivity contribution < 1.29 is 13.5 Å². The van der Waals surface area contributed by atoms with Crippen LogP contribution in [0.25, 0.3) is 11.0 Å². The van der Waals surface area contributed by atoms with Crippen LogP contribution in [-0.2, 0) is 6.67 Å². The van der Waals surface area contributed by atoms with E-state index in [-0.39, 0.29) is 11.2 Å². The number of methoxy groups -OCH3 is 1. The highest BCUT2D eigenvalue weighted by molar-refractivity contribution is 5.77. The monoisotopic (exact) mass is 208 g/mol. The van der Waals surface area contributed by atoms with E-state index >= 15 is 0 Å². The number of ether oxygens (including phenoxy) is 1. The number of alkyl halides is 1. The van der Waals surface area contributed by atoms with Crippen LogP contribution in [0.4, 0.5) is 4.39 Å². The third kappa shape index (κ3) is 1.70. The van der Waals surface area contributed by atoms with Gasteiger partial charge in [-0.05, 0) is 12.1 Å². The van der Waals surface area contributed by atoms with Crippen molar-refractivity contribution >= 4 is 11.0 Å². The molecule has 0 fully saturated rings. The Morgan fingerprint density at radius 3 is 2.87 bits per heavy atom. The number of halogens is 1. The van der Waals surface area contributed by atoms with Crippen molar-refractivity contribution in [3.63, 3.8) is 0 Å². The summed E-state index contributed by atoms with van der Waals surface area (Å²) in [4.78, 5) is 11.5. The first kappa shape index (κ1) is 9.71.